The van der Waals surface area contributed by atoms with Crippen LogP contribution in [-0.4, -0.2) is 86.9 Å². The van der Waals surface area contributed by atoms with Crippen molar-refractivity contribution in [3.05, 3.63) is 59.3 Å². The fourth-order valence-electron chi connectivity index (χ4n) is 8.04. The Morgan fingerprint density at radius 1 is 1.06 bits per heavy atom. The number of piperazine rings is 1. The Hall–Kier alpha value is -4.40. The number of alkyl halides is 3. The Balaban J connectivity index is 0.000000588. The van der Waals surface area contributed by atoms with E-state index in [2.05, 4.69) is 21.2 Å². The van der Waals surface area contributed by atoms with E-state index in [4.69, 9.17) is 41.2 Å². The van der Waals surface area contributed by atoms with Gasteiger partial charge in [-0.05, 0) is 102 Å². The highest BCUT2D eigenvalue weighted by molar-refractivity contribution is 6.36. The number of carboxylic acids is 1. The van der Waals surface area contributed by atoms with Crippen LogP contribution in [0.4, 0.5) is 23.4 Å². The third-order valence-corrected chi connectivity index (χ3v) is 11.0. The van der Waals surface area contributed by atoms with Gasteiger partial charge in [0.1, 0.15) is 22.8 Å². The van der Waals surface area contributed by atoms with E-state index in [0.717, 1.165) is 51.9 Å². The van der Waals surface area contributed by atoms with Gasteiger partial charge in [0, 0.05) is 52.9 Å². The molecule has 8 rings (SSSR count). The van der Waals surface area contributed by atoms with E-state index in [1.54, 1.807) is 45.2 Å². The van der Waals surface area contributed by atoms with Crippen molar-refractivity contribution in [1.29, 1.82) is 0 Å². The molecule has 2 atom stereocenters. The molecule has 0 radical (unpaired) electrons. The molecule has 0 amide bonds. The summed E-state index contributed by atoms with van der Waals surface area (Å²) in [5, 5.41) is 13.2. The summed E-state index contributed by atoms with van der Waals surface area (Å²) >= 11 is 6.74. The van der Waals surface area contributed by atoms with Gasteiger partial charge in [0.25, 0.3) is 0 Å². The van der Waals surface area contributed by atoms with Crippen molar-refractivity contribution >= 4 is 57.1 Å². The molecular weight excluding hydrogens is 728 g/mol. The Morgan fingerprint density at radius 2 is 1.72 bits per heavy atom. The number of halogens is 5. The number of rotatable bonds is 5. The number of carbonyl (C=O) groups is 2. The highest BCUT2D eigenvalue weighted by Crippen LogP contribution is 2.42. The van der Waals surface area contributed by atoms with Gasteiger partial charge in [0.05, 0.1) is 10.8 Å². The van der Waals surface area contributed by atoms with Crippen LogP contribution in [0, 0.1) is 11.2 Å². The zero-order valence-electron chi connectivity index (χ0n) is 30.1. The Bertz CT molecular complexity index is 2130. The molecule has 4 aliphatic heterocycles. The lowest BCUT2D eigenvalue weighted by Gasteiger charge is -2.34. The Morgan fingerprint density at radius 3 is 2.35 bits per heavy atom. The molecule has 4 fully saturated rings. The maximum Gasteiger partial charge on any atom is 0.490 e. The van der Waals surface area contributed by atoms with Crippen LogP contribution in [0.2, 0.25) is 5.02 Å². The van der Waals surface area contributed by atoms with Crippen LogP contribution in [0.15, 0.2) is 42.6 Å². The van der Waals surface area contributed by atoms with Crippen LogP contribution in [0.5, 0.6) is 5.75 Å². The van der Waals surface area contributed by atoms with E-state index in [-0.39, 0.29) is 16.7 Å². The second-order valence-electron chi connectivity index (χ2n) is 15.5. The summed E-state index contributed by atoms with van der Waals surface area (Å²) in [6, 6.07) is 9.63. The highest BCUT2D eigenvalue weighted by atomic mass is 35.5. The molecule has 286 valence electrons. The summed E-state index contributed by atoms with van der Waals surface area (Å²) in [7, 11) is 0. The highest BCUT2D eigenvalue weighted by Gasteiger charge is 2.42. The summed E-state index contributed by atoms with van der Waals surface area (Å²) in [6.07, 6.45) is 7.72. The first-order valence-electron chi connectivity index (χ1n) is 18.1. The molecule has 10 nitrogen and oxygen atoms in total. The number of carboxylic acid groups (broad SMARTS) is 1. The molecule has 6 heterocycles. The number of fused-ring (bicyclic) bond motifs is 5. The van der Waals surface area contributed by atoms with E-state index < -0.39 is 29.3 Å². The monoisotopic (exact) mass is 768 g/mol. The molecule has 2 N–H and O–H groups in total. The number of nitrogens with zero attached hydrogens (tertiary/aromatic N) is 5. The summed E-state index contributed by atoms with van der Waals surface area (Å²) in [4.78, 5) is 41.2. The van der Waals surface area contributed by atoms with Gasteiger partial charge in [-0.15, -0.1) is 0 Å². The van der Waals surface area contributed by atoms with Gasteiger partial charge in [-0.1, -0.05) is 29.8 Å². The average molecular weight is 769 g/mol. The zero-order valence-corrected chi connectivity index (χ0v) is 30.9. The molecule has 54 heavy (non-hydrogen) atoms. The lowest BCUT2D eigenvalue weighted by molar-refractivity contribution is -0.192. The van der Waals surface area contributed by atoms with Crippen LogP contribution in [-0.2, 0) is 9.59 Å². The first-order valence-corrected chi connectivity index (χ1v) is 18.5. The molecule has 0 spiro atoms. The number of anilines is 1. The third-order valence-electron chi connectivity index (χ3n) is 10.7. The van der Waals surface area contributed by atoms with Crippen molar-refractivity contribution in [2.45, 2.75) is 83.1 Å². The first-order chi connectivity index (χ1) is 25.5. The average Bonchev–Trinajstić information content (AvgIpc) is 3.80. The van der Waals surface area contributed by atoms with Gasteiger partial charge >= 0.3 is 18.1 Å². The summed E-state index contributed by atoms with van der Waals surface area (Å²) in [6.45, 7) is 9.21. The number of aliphatic carboxylic acids is 1. The fourth-order valence-corrected chi connectivity index (χ4v) is 8.33. The molecule has 2 bridgehead atoms. The van der Waals surface area contributed by atoms with Crippen LogP contribution in [0.3, 0.4) is 0 Å². The number of ether oxygens (including phenoxy) is 1. The predicted octanol–water partition coefficient (Wildman–Crippen LogP) is 7.80. The maximum atomic E-state index is 17.1. The summed E-state index contributed by atoms with van der Waals surface area (Å²) < 4.78 is 54.6. The van der Waals surface area contributed by atoms with Crippen molar-refractivity contribution in [3.63, 3.8) is 0 Å². The molecule has 2 aromatic carbocycles. The van der Waals surface area contributed by atoms with Crippen LogP contribution in [0.25, 0.3) is 39.0 Å². The molecular formula is C39H41ClF4N6O4. The van der Waals surface area contributed by atoms with Crippen molar-refractivity contribution in [2.75, 3.05) is 31.1 Å². The summed E-state index contributed by atoms with van der Waals surface area (Å²) in [5.41, 5.74) is 0.0723. The third kappa shape index (κ3) is 7.47. The number of pyridine rings is 1. The normalized spacial score (nSPS) is 21.1. The van der Waals surface area contributed by atoms with Crippen LogP contribution in [0.1, 0.15) is 65.1 Å². The number of aromatic nitrogens is 3. The fraction of sp³-hybridized carbons (Fsp3) is 0.462. The van der Waals surface area contributed by atoms with Gasteiger partial charge in [-0.25, -0.2) is 19.2 Å². The van der Waals surface area contributed by atoms with E-state index in [1.165, 1.54) is 12.8 Å². The van der Waals surface area contributed by atoms with Crippen LogP contribution >= 0.6 is 11.6 Å². The van der Waals surface area contributed by atoms with Crippen molar-refractivity contribution < 1.29 is 37.0 Å². The zero-order chi connectivity index (χ0) is 38.6. The topological polar surface area (TPSA) is 121 Å². The molecule has 4 aliphatic rings. The number of carbonyl (C=O) groups excluding carboxylic acids is 1. The molecule has 0 aliphatic carbocycles. The predicted molar refractivity (Wildman–Crippen MR) is 198 cm³/mol. The first kappa shape index (κ1) is 37.9. The van der Waals surface area contributed by atoms with E-state index in [1.807, 2.05) is 18.2 Å². The second-order valence-corrected chi connectivity index (χ2v) is 15.9. The number of nitrogens with one attached hydrogen (secondary N) is 1. The minimum atomic E-state index is -5.08. The Kier molecular flexibility index (Phi) is 10.1. The second kappa shape index (κ2) is 14.3. The standard InChI is InChI=1S/C37H40ClFN6O2.C2HF3O2/c1-36(2,3)35(46)47-25-17-22-7-4-8-28(38)30(22)26(18-25)32-31(39)33-27(19-40-32)34(44-20-23-9-10-24(21-44)41-23)43-29(42-33)11-14-37-12-5-15-45(37)16-6-13-37;3-2(4,5)1(6)7/h4,7-8,11,14,17-19,23-24,41H,5-6,9-10,12-13,15-16,20-21H2,1-3H3;(H,6,7)/b14-11+;/t23-,24+;. The van der Waals surface area contributed by atoms with Crippen LogP contribution < -0.4 is 15.0 Å². The molecule has 15 heteroatoms. The molecule has 0 saturated carbocycles. The minimum absolute atomic E-state index is 0.0369. The number of hydrogen-bond donors (Lipinski definition) is 2. The molecule has 4 aromatic rings. The minimum Gasteiger partial charge on any atom is -0.475 e. The van der Waals surface area contributed by atoms with Gasteiger partial charge in [0.2, 0.25) is 0 Å². The summed E-state index contributed by atoms with van der Waals surface area (Å²) in [5.74, 6) is -2.19. The molecule has 0 unspecified atom stereocenters. The quantitative estimate of drug-likeness (QED) is 0.118. The maximum absolute atomic E-state index is 17.1. The van der Waals surface area contributed by atoms with E-state index >= 15 is 4.39 Å². The SMILES string of the molecule is CC(C)(C)C(=O)Oc1cc(-c2ncc3c(N4C[C@H]5CC[C@@H](C4)N5)nc(/C=C/C45CCCN4CCC5)nc3c2F)c2c(Cl)cccc2c1.O=C(O)C(F)(F)F. The van der Waals surface area contributed by atoms with Gasteiger partial charge in [0.15, 0.2) is 11.6 Å². The number of hydrogen-bond acceptors (Lipinski definition) is 9. The number of benzene rings is 2. The largest absolute Gasteiger partial charge is 0.490 e. The smallest absolute Gasteiger partial charge is 0.475 e. The van der Waals surface area contributed by atoms with Gasteiger partial charge in [-0.3, -0.25) is 14.7 Å². The van der Waals surface area contributed by atoms with Crippen molar-refractivity contribution in [3.8, 4) is 17.0 Å². The van der Waals surface area contributed by atoms with E-state index in [9.17, 15) is 18.0 Å². The Labute approximate surface area is 314 Å². The van der Waals surface area contributed by atoms with Crippen molar-refractivity contribution in [1.82, 2.24) is 25.2 Å². The van der Waals surface area contributed by atoms with Gasteiger partial charge in [-0.2, -0.15) is 13.2 Å². The van der Waals surface area contributed by atoms with E-state index in [0.29, 0.717) is 56.2 Å². The lowest BCUT2D eigenvalue weighted by atomic mass is 9.93. The number of esters is 1. The molecule has 4 saturated heterocycles. The lowest BCUT2D eigenvalue weighted by Crippen LogP contribution is -2.51. The molecule has 2 aromatic heterocycles. The van der Waals surface area contributed by atoms with Crippen molar-refractivity contribution in [2.24, 2.45) is 5.41 Å². The van der Waals surface area contributed by atoms with Gasteiger partial charge < -0.3 is 20.1 Å².